The Hall–Kier alpha value is -1.76. The molecule has 1 aliphatic heterocycles. The third-order valence-corrected chi connectivity index (χ3v) is 8.97. The van der Waals surface area contributed by atoms with E-state index in [1.807, 2.05) is 30.8 Å². The van der Waals surface area contributed by atoms with Gasteiger partial charge in [0.05, 0.1) is 23.5 Å². The van der Waals surface area contributed by atoms with Gasteiger partial charge in [-0.1, -0.05) is 67.4 Å². The molecule has 0 spiro atoms. The maximum absolute atomic E-state index is 10.7. The van der Waals surface area contributed by atoms with Crippen LogP contribution < -0.4 is 5.32 Å². The van der Waals surface area contributed by atoms with Gasteiger partial charge in [-0.15, -0.1) is 11.8 Å². The van der Waals surface area contributed by atoms with Crippen molar-refractivity contribution in [1.29, 1.82) is 0 Å². The van der Waals surface area contributed by atoms with E-state index in [-0.39, 0.29) is 11.8 Å². The van der Waals surface area contributed by atoms with Crippen LogP contribution in [0.3, 0.4) is 0 Å². The Morgan fingerprint density at radius 2 is 1.82 bits per heavy atom. The molecule has 33 heavy (non-hydrogen) atoms. The van der Waals surface area contributed by atoms with Crippen LogP contribution in [0.5, 0.6) is 0 Å². The second-order valence-corrected chi connectivity index (χ2v) is 11.0. The lowest BCUT2D eigenvalue weighted by atomic mass is 9.72. The number of benzene rings is 2. The van der Waals surface area contributed by atoms with Crippen molar-refractivity contribution in [2.75, 3.05) is 5.32 Å². The van der Waals surface area contributed by atoms with E-state index >= 15 is 0 Å². The summed E-state index contributed by atoms with van der Waals surface area (Å²) in [6.45, 7) is 2.01. The van der Waals surface area contributed by atoms with Crippen molar-refractivity contribution in [1.82, 2.24) is 0 Å². The molecule has 7 atom stereocenters. The van der Waals surface area contributed by atoms with E-state index in [1.165, 1.54) is 10.5 Å². The van der Waals surface area contributed by atoms with Gasteiger partial charge < -0.3 is 20.6 Å². The summed E-state index contributed by atoms with van der Waals surface area (Å²) < 4.78 is 0. The molecule has 2 aromatic rings. The Kier molecular flexibility index (Phi) is 6.60. The molecule has 4 N–H and O–H groups in total. The molecular formula is C27H30ClNO3S. The summed E-state index contributed by atoms with van der Waals surface area (Å²) in [5.74, 6) is -0.263. The number of thioether (sulfide) groups is 1. The van der Waals surface area contributed by atoms with Crippen molar-refractivity contribution in [2.24, 2.45) is 5.92 Å². The zero-order valence-corrected chi connectivity index (χ0v) is 20.1. The number of halogens is 1. The number of aliphatic hydroxyl groups is 3. The van der Waals surface area contributed by atoms with Crippen molar-refractivity contribution in [3.63, 3.8) is 0 Å². The molecular weight excluding hydrogens is 454 g/mol. The summed E-state index contributed by atoms with van der Waals surface area (Å²) in [5.41, 5.74) is 4.31. The van der Waals surface area contributed by atoms with Crippen LogP contribution in [0.4, 0.5) is 5.69 Å². The third-order valence-electron chi connectivity index (χ3n) is 7.28. The number of hydrogen-bond acceptors (Lipinski definition) is 5. The van der Waals surface area contributed by atoms with E-state index in [0.29, 0.717) is 29.2 Å². The van der Waals surface area contributed by atoms with Crippen LogP contribution in [0.15, 0.2) is 65.6 Å². The van der Waals surface area contributed by atoms with Crippen molar-refractivity contribution in [3.8, 4) is 0 Å². The van der Waals surface area contributed by atoms with Gasteiger partial charge in [0.25, 0.3) is 0 Å². The van der Waals surface area contributed by atoms with Gasteiger partial charge in [-0.3, -0.25) is 0 Å². The lowest BCUT2D eigenvalue weighted by Gasteiger charge is -2.40. The minimum atomic E-state index is -1.13. The summed E-state index contributed by atoms with van der Waals surface area (Å²) in [7, 11) is 0. The smallest absolute Gasteiger partial charge is 0.107 e. The fraction of sp³-hybridized carbons (Fsp3) is 0.407. The Labute approximate surface area is 204 Å². The minimum Gasteiger partial charge on any atom is -0.390 e. The fourth-order valence-corrected chi connectivity index (χ4v) is 6.72. The SMILES string of the molecule is CC[C@H]1C[C@@H](c2ccc(Cl)c(Cc3ccc4c(c3)SC3C=CC=CC3N4)c2)[C@H](O)[C@@H](O)[C@@H]1O. The normalized spacial score (nSPS) is 32.7. The monoisotopic (exact) mass is 483 g/mol. The van der Waals surface area contributed by atoms with E-state index in [2.05, 4.69) is 53.9 Å². The molecule has 1 fully saturated rings. The highest BCUT2D eigenvalue weighted by Crippen LogP contribution is 2.42. The molecule has 0 amide bonds. The van der Waals surface area contributed by atoms with Gasteiger partial charge in [0, 0.05) is 21.5 Å². The minimum absolute atomic E-state index is 0.0368. The molecule has 0 bridgehead atoms. The van der Waals surface area contributed by atoms with Gasteiger partial charge in [0.2, 0.25) is 0 Å². The summed E-state index contributed by atoms with van der Waals surface area (Å²) in [6.07, 6.45) is 7.72. The molecule has 1 saturated carbocycles. The van der Waals surface area contributed by atoms with E-state index in [9.17, 15) is 15.3 Å². The zero-order chi connectivity index (χ0) is 23.1. The summed E-state index contributed by atoms with van der Waals surface area (Å²) >= 11 is 8.46. The molecule has 3 aliphatic rings. The standard InChI is InChI=1S/C27H30ClNO3S/c1-2-16-14-19(26(31)27(32)25(16)30)17-8-9-20(28)18(13-17)11-15-7-10-22-24(12-15)33-23-6-4-3-5-21(23)29-22/h3-10,12-13,16,19,21,23,25-27,29-32H,2,11,14H2,1H3/t16-,19-,21?,23?,25+,26-,27-/m0/s1. The number of allylic oxidation sites excluding steroid dienone is 2. The molecule has 6 heteroatoms. The Morgan fingerprint density at radius 1 is 1.00 bits per heavy atom. The average Bonchev–Trinajstić information content (AvgIpc) is 2.83. The van der Waals surface area contributed by atoms with Gasteiger partial charge in [-0.2, -0.15) is 0 Å². The fourth-order valence-electron chi connectivity index (χ4n) is 5.30. The van der Waals surface area contributed by atoms with Crippen LogP contribution in [0, 0.1) is 5.92 Å². The highest BCUT2D eigenvalue weighted by Gasteiger charge is 2.42. The predicted molar refractivity (Wildman–Crippen MR) is 135 cm³/mol. The second kappa shape index (κ2) is 9.47. The number of hydrogen-bond donors (Lipinski definition) is 4. The van der Waals surface area contributed by atoms with Crippen LogP contribution in [-0.2, 0) is 6.42 Å². The molecule has 1 heterocycles. The Bertz CT molecular complexity index is 1090. The number of rotatable bonds is 4. The Morgan fingerprint density at radius 3 is 2.64 bits per heavy atom. The van der Waals surface area contributed by atoms with Crippen LogP contribution in [0.1, 0.15) is 42.4 Å². The van der Waals surface area contributed by atoms with Crippen molar-refractivity contribution >= 4 is 29.1 Å². The maximum atomic E-state index is 10.7. The molecule has 0 radical (unpaired) electrons. The lowest BCUT2D eigenvalue weighted by Crippen LogP contribution is -2.50. The van der Waals surface area contributed by atoms with Crippen molar-refractivity contribution in [3.05, 3.63) is 82.4 Å². The van der Waals surface area contributed by atoms with Crippen LogP contribution in [-0.4, -0.2) is 44.9 Å². The first kappa shape index (κ1) is 23.0. The quantitative estimate of drug-likeness (QED) is 0.497. The number of nitrogens with one attached hydrogen (secondary N) is 1. The summed E-state index contributed by atoms with van der Waals surface area (Å²) in [4.78, 5) is 1.24. The van der Waals surface area contributed by atoms with Crippen LogP contribution >= 0.6 is 23.4 Å². The number of fused-ring (bicyclic) bond motifs is 2. The largest absolute Gasteiger partial charge is 0.390 e. The molecule has 0 saturated heterocycles. The highest BCUT2D eigenvalue weighted by atomic mass is 35.5. The summed E-state index contributed by atoms with van der Waals surface area (Å²) in [6, 6.07) is 12.7. The number of anilines is 1. The molecule has 174 valence electrons. The molecule has 2 unspecified atom stereocenters. The first-order valence-corrected chi connectivity index (χ1v) is 12.9. The lowest BCUT2D eigenvalue weighted by molar-refractivity contribution is -0.120. The van der Waals surface area contributed by atoms with Gasteiger partial charge in [-0.25, -0.2) is 0 Å². The van der Waals surface area contributed by atoms with Gasteiger partial charge >= 0.3 is 0 Å². The average molecular weight is 484 g/mol. The first-order chi connectivity index (χ1) is 15.9. The van der Waals surface area contributed by atoms with E-state index < -0.39 is 18.3 Å². The van der Waals surface area contributed by atoms with Gasteiger partial charge in [0.15, 0.2) is 0 Å². The van der Waals surface area contributed by atoms with Crippen molar-refractivity contribution in [2.45, 2.75) is 66.6 Å². The van der Waals surface area contributed by atoms with Gasteiger partial charge in [0.1, 0.15) is 6.10 Å². The molecule has 2 aliphatic carbocycles. The van der Waals surface area contributed by atoms with Crippen LogP contribution in [0.2, 0.25) is 5.02 Å². The number of aliphatic hydroxyl groups excluding tert-OH is 3. The zero-order valence-electron chi connectivity index (χ0n) is 18.6. The molecule has 5 rings (SSSR count). The van der Waals surface area contributed by atoms with E-state index in [1.54, 1.807) is 0 Å². The summed E-state index contributed by atoms with van der Waals surface area (Å²) in [5, 5.41) is 36.1. The highest BCUT2D eigenvalue weighted by molar-refractivity contribution is 8.00. The Balaban J connectivity index is 1.38. The molecule has 2 aromatic carbocycles. The van der Waals surface area contributed by atoms with Crippen molar-refractivity contribution < 1.29 is 15.3 Å². The topological polar surface area (TPSA) is 72.7 Å². The van der Waals surface area contributed by atoms with Gasteiger partial charge in [-0.05, 0) is 53.6 Å². The predicted octanol–water partition coefficient (Wildman–Crippen LogP) is 4.91. The second-order valence-electron chi connectivity index (χ2n) is 9.36. The molecule has 4 nitrogen and oxygen atoms in total. The van der Waals surface area contributed by atoms with E-state index in [0.717, 1.165) is 23.2 Å². The van der Waals surface area contributed by atoms with Crippen LogP contribution in [0.25, 0.3) is 0 Å². The molecule has 0 aromatic heterocycles. The van der Waals surface area contributed by atoms with E-state index in [4.69, 9.17) is 11.6 Å². The maximum Gasteiger partial charge on any atom is 0.107 e. The third kappa shape index (κ3) is 4.50. The first-order valence-electron chi connectivity index (χ1n) is 11.7.